The third-order valence-electron chi connectivity index (χ3n) is 4.34. The molecule has 2 aromatic carbocycles. The average molecular weight is 454 g/mol. The smallest absolute Gasteiger partial charge is 0.277 e. The maximum Gasteiger partial charge on any atom is 0.277 e. The van der Waals surface area contributed by atoms with Crippen molar-refractivity contribution in [2.75, 3.05) is 23.4 Å². The Balaban J connectivity index is 1.54. The van der Waals surface area contributed by atoms with Crippen LogP contribution in [0.4, 0.5) is 11.4 Å². The van der Waals surface area contributed by atoms with Gasteiger partial charge in [0.2, 0.25) is 0 Å². The van der Waals surface area contributed by atoms with E-state index in [0.717, 1.165) is 10.0 Å². The van der Waals surface area contributed by atoms with E-state index in [4.69, 9.17) is 9.26 Å². The van der Waals surface area contributed by atoms with Crippen molar-refractivity contribution in [3.63, 3.8) is 0 Å². The molecule has 2 amide bonds. The maximum atomic E-state index is 12.6. The maximum absolute atomic E-state index is 12.6. The Morgan fingerprint density at radius 3 is 2.79 bits per heavy atom. The second-order valence-corrected chi connectivity index (χ2v) is 7.22. The molecule has 1 aliphatic heterocycles. The molecule has 0 unspecified atom stereocenters. The van der Waals surface area contributed by atoms with Gasteiger partial charge in [-0.2, -0.15) is 0 Å². The molecule has 29 heavy (non-hydrogen) atoms. The summed E-state index contributed by atoms with van der Waals surface area (Å²) in [6.45, 7) is 4.01. The zero-order valence-electron chi connectivity index (χ0n) is 15.2. The van der Waals surface area contributed by atoms with Gasteiger partial charge in [0.25, 0.3) is 11.8 Å². The average Bonchev–Trinajstić information content (AvgIpc) is 3.21. The van der Waals surface area contributed by atoms with Crippen LogP contribution in [0.15, 0.2) is 70.2 Å². The van der Waals surface area contributed by atoms with E-state index in [1.807, 2.05) is 24.3 Å². The first-order chi connectivity index (χ1) is 14.0. The molecule has 0 spiro atoms. The van der Waals surface area contributed by atoms with Crippen molar-refractivity contribution in [1.82, 2.24) is 5.16 Å². The van der Waals surface area contributed by atoms with Crippen LogP contribution in [-0.4, -0.2) is 30.1 Å². The fourth-order valence-corrected chi connectivity index (χ4v) is 3.20. The highest BCUT2D eigenvalue weighted by molar-refractivity contribution is 9.10. The number of hydrogen-bond donors (Lipinski definition) is 1. The van der Waals surface area contributed by atoms with Crippen molar-refractivity contribution in [2.24, 2.45) is 0 Å². The van der Waals surface area contributed by atoms with Crippen LogP contribution in [0.2, 0.25) is 0 Å². The largest absolute Gasteiger partial charge is 0.482 e. The summed E-state index contributed by atoms with van der Waals surface area (Å²) in [5.74, 6) is 0.472. The second kappa shape index (κ2) is 7.92. The van der Waals surface area contributed by atoms with Crippen molar-refractivity contribution >= 4 is 39.1 Å². The molecule has 146 valence electrons. The number of rotatable bonds is 5. The number of ether oxygens (including phenoxy) is 1. The number of fused-ring (bicyclic) bond motifs is 1. The van der Waals surface area contributed by atoms with Crippen molar-refractivity contribution in [1.29, 1.82) is 0 Å². The first-order valence-corrected chi connectivity index (χ1v) is 9.56. The van der Waals surface area contributed by atoms with Gasteiger partial charge in [0.05, 0.1) is 5.69 Å². The van der Waals surface area contributed by atoms with E-state index in [1.54, 1.807) is 35.2 Å². The molecule has 0 saturated carbocycles. The van der Waals surface area contributed by atoms with Crippen LogP contribution in [0.1, 0.15) is 10.5 Å². The summed E-state index contributed by atoms with van der Waals surface area (Å²) in [6, 6.07) is 14.2. The van der Waals surface area contributed by atoms with E-state index in [0.29, 0.717) is 29.4 Å². The van der Waals surface area contributed by atoms with E-state index in [2.05, 4.69) is 33.0 Å². The van der Waals surface area contributed by atoms with Gasteiger partial charge in [-0.25, -0.2) is 0 Å². The van der Waals surface area contributed by atoms with Crippen molar-refractivity contribution in [3.8, 4) is 17.1 Å². The molecule has 1 aromatic heterocycles. The molecule has 0 atom stereocenters. The quantitative estimate of drug-likeness (QED) is 0.583. The van der Waals surface area contributed by atoms with Gasteiger partial charge >= 0.3 is 0 Å². The summed E-state index contributed by atoms with van der Waals surface area (Å²) in [5, 5.41) is 6.63. The van der Waals surface area contributed by atoms with Gasteiger partial charge < -0.3 is 19.5 Å². The Morgan fingerprint density at radius 2 is 2.03 bits per heavy atom. The predicted molar refractivity (Wildman–Crippen MR) is 112 cm³/mol. The van der Waals surface area contributed by atoms with Gasteiger partial charge in [0, 0.05) is 28.3 Å². The van der Waals surface area contributed by atoms with E-state index in [1.165, 1.54) is 0 Å². The molecule has 8 heteroatoms. The molecule has 0 fully saturated rings. The first-order valence-electron chi connectivity index (χ1n) is 8.77. The summed E-state index contributed by atoms with van der Waals surface area (Å²) in [7, 11) is 0. The standard InChI is InChI=1S/C21H16BrN3O4/c1-2-9-25-17-10-15(7-8-18(17)28-12-20(25)26)23-21(27)16-11-19(29-24-16)13-3-5-14(22)6-4-13/h2-8,10-11H,1,9,12H2,(H,23,27). The Labute approximate surface area is 175 Å². The monoisotopic (exact) mass is 453 g/mol. The molecular formula is C21H16BrN3O4. The summed E-state index contributed by atoms with van der Waals surface area (Å²) in [6.07, 6.45) is 1.64. The first kappa shape index (κ1) is 18.9. The fourth-order valence-electron chi connectivity index (χ4n) is 2.94. The van der Waals surface area contributed by atoms with Gasteiger partial charge in [-0.05, 0) is 30.3 Å². The lowest BCUT2D eigenvalue weighted by Gasteiger charge is -2.28. The molecule has 1 aliphatic rings. The highest BCUT2D eigenvalue weighted by atomic mass is 79.9. The SMILES string of the molecule is C=CCN1C(=O)COc2ccc(NC(=O)c3cc(-c4ccc(Br)cc4)on3)cc21. The van der Waals surface area contributed by atoms with Crippen molar-refractivity contribution in [3.05, 3.63) is 71.4 Å². The molecule has 0 saturated heterocycles. The van der Waals surface area contributed by atoms with E-state index < -0.39 is 5.91 Å². The number of amides is 2. The molecule has 0 radical (unpaired) electrons. The molecule has 2 heterocycles. The Morgan fingerprint density at radius 1 is 1.24 bits per heavy atom. The normalized spacial score (nSPS) is 12.9. The summed E-state index contributed by atoms with van der Waals surface area (Å²) in [5.41, 5.74) is 2.05. The van der Waals surface area contributed by atoms with Crippen LogP contribution in [0.3, 0.4) is 0 Å². The number of benzene rings is 2. The second-order valence-electron chi connectivity index (χ2n) is 6.30. The third kappa shape index (κ3) is 3.93. The molecular weight excluding hydrogens is 438 g/mol. The lowest BCUT2D eigenvalue weighted by Crippen LogP contribution is -2.38. The van der Waals surface area contributed by atoms with Gasteiger partial charge in [-0.1, -0.05) is 39.3 Å². The van der Waals surface area contributed by atoms with Crippen LogP contribution in [0.5, 0.6) is 5.75 Å². The number of nitrogens with zero attached hydrogens (tertiary/aromatic N) is 2. The zero-order chi connectivity index (χ0) is 20.4. The molecule has 3 aromatic rings. The van der Waals surface area contributed by atoms with E-state index in [-0.39, 0.29) is 18.2 Å². The minimum Gasteiger partial charge on any atom is -0.482 e. The molecule has 7 nitrogen and oxygen atoms in total. The molecule has 0 aliphatic carbocycles. The zero-order valence-corrected chi connectivity index (χ0v) is 16.8. The van der Waals surface area contributed by atoms with Crippen LogP contribution in [0.25, 0.3) is 11.3 Å². The third-order valence-corrected chi connectivity index (χ3v) is 4.87. The van der Waals surface area contributed by atoms with Gasteiger partial charge in [-0.15, -0.1) is 6.58 Å². The Bertz CT molecular complexity index is 1090. The van der Waals surface area contributed by atoms with E-state index in [9.17, 15) is 9.59 Å². The topological polar surface area (TPSA) is 84.7 Å². The van der Waals surface area contributed by atoms with Gasteiger partial charge in [-0.3, -0.25) is 9.59 Å². The molecule has 4 rings (SSSR count). The number of nitrogens with one attached hydrogen (secondary N) is 1. The van der Waals surface area contributed by atoms with Crippen LogP contribution in [-0.2, 0) is 4.79 Å². The molecule has 1 N–H and O–H groups in total. The number of halogens is 1. The number of hydrogen-bond acceptors (Lipinski definition) is 5. The highest BCUT2D eigenvalue weighted by Gasteiger charge is 2.25. The van der Waals surface area contributed by atoms with Crippen LogP contribution in [0, 0.1) is 0 Å². The van der Waals surface area contributed by atoms with Crippen LogP contribution < -0.4 is 15.0 Å². The lowest BCUT2D eigenvalue weighted by molar-refractivity contribution is -0.121. The van der Waals surface area contributed by atoms with Crippen molar-refractivity contribution < 1.29 is 18.8 Å². The number of aromatic nitrogens is 1. The predicted octanol–water partition coefficient (Wildman–Crippen LogP) is 4.27. The number of anilines is 2. The van der Waals surface area contributed by atoms with E-state index >= 15 is 0 Å². The summed E-state index contributed by atoms with van der Waals surface area (Å²) in [4.78, 5) is 26.2. The van der Waals surface area contributed by atoms with Gasteiger partial charge in [0.15, 0.2) is 18.1 Å². The van der Waals surface area contributed by atoms with Crippen LogP contribution >= 0.6 is 15.9 Å². The lowest BCUT2D eigenvalue weighted by atomic mass is 10.1. The Hall–Kier alpha value is -3.39. The highest BCUT2D eigenvalue weighted by Crippen LogP contribution is 2.34. The minimum atomic E-state index is -0.421. The summed E-state index contributed by atoms with van der Waals surface area (Å²) < 4.78 is 11.7. The Kier molecular flexibility index (Phi) is 5.18. The molecule has 0 bridgehead atoms. The number of carbonyl (C=O) groups is 2. The number of carbonyl (C=O) groups excluding carboxylic acids is 2. The van der Waals surface area contributed by atoms with Crippen molar-refractivity contribution in [2.45, 2.75) is 0 Å². The fraction of sp³-hybridized carbons (Fsp3) is 0.0952. The minimum absolute atomic E-state index is 0.0235. The summed E-state index contributed by atoms with van der Waals surface area (Å²) >= 11 is 3.38. The van der Waals surface area contributed by atoms with Gasteiger partial charge in [0.1, 0.15) is 5.75 Å².